The number of hydrogen-bond donors (Lipinski definition) is 1. The molecule has 29 heavy (non-hydrogen) atoms. The standard InChI is InChI=1S/C20H29N5O2.2ClH/c1-27-16-20(5-7-21-8-6-20)19(26)24-12-10-23(11-13-24)14-17-15-25-9-3-2-4-18(25)22-17;;/h2-4,9,15,21H,5-8,10-14,16H2,1H3;2*1H. The topological polar surface area (TPSA) is 62.1 Å². The van der Waals surface area contributed by atoms with Crippen molar-refractivity contribution < 1.29 is 9.53 Å². The third kappa shape index (κ3) is 5.22. The maximum atomic E-state index is 13.2. The maximum Gasteiger partial charge on any atom is 0.231 e. The molecule has 1 amide bonds. The summed E-state index contributed by atoms with van der Waals surface area (Å²) in [6, 6.07) is 6.04. The van der Waals surface area contributed by atoms with Gasteiger partial charge in [0.2, 0.25) is 5.91 Å². The van der Waals surface area contributed by atoms with Gasteiger partial charge in [-0.1, -0.05) is 6.07 Å². The second kappa shape index (κ2) is 10.6. The number of rotatable bonds is 5. The van der Waals surface area contributed by atoms with Crippen molar-refractivity contribution in [2.45, 2.75) is 19.4 Å². The van der Waals surface area contributed by atoms with Crippen LogP contribution in [0.1, 0.15) is 18.5 Å². The summed E-state index contributed by atoms with van der Waals surface area (Å²) in [7, 11) is 1.70. The number of amides is 1. The fourth-order valence-corrected chi connectivity index (χ4v) is 4.34. The van der Waals surface area contributed by atoms with Gasteiger partial charge in [0.1, 0.15) is 5.65 Å². The number of ether oxygens (including phenoxy) is 1. The lowest BCUT2D eigenvalue weighted by Gasteiger charge is -2.42. The Hall–Kier alpha value is -1.38. The minimum Gasteiger partial charge on any atom is -0.384 e. The molecule has 0 atom stereocenters. The van der Waals surface area contributed by atoms with Crippen molar-refractivity contribution >= 4 is 36.4 Å². The third-order valence-electron chi connectivity index (χ3n) is 5.89. The number of hydrogen-bond acceptors (Lipinski definition) is 5. The number of pyridine rings is 1. The average molecular weight is 444 g/mol. The molecule has 0 aromatic carbocycles. The molecule has 2 aliphatic rings. The van der Waals surface area contributed by atoms with Crippen molar-refractivity contribution in [1.29, 1.82) is 0 Å². The molecule has 0 saturated carbocycles. The summed E-state index contributed by atoms with van der Waals surface area (Å²) in [6.45, 7) is 6.48. The van der Waals surface area contributed by atoms with Gasteiger partial charge in [-0.3, -0.25) is 9.69 Å². The van der Waals surface area contributed by atoms with Gasteiger partial charge < -0.3 is 19.4 Å². The molecule has 2 aromatic heterocycles. The third-order valence-corrected chi connectivity index (χ3v) is 5.89. The smallest absolute Gasteiger partial charge is 0.231 e. The van der Waals surface area contributed by atoms with Crippen LogP contribution in [-0.2, 0) is 16.1 Å². The highest BCUT2D eigenvalue weighted by molar-refractivity contribution is 5.85. The predicted octanol–water partition coefficient (Wildman–Crippen LogP) is 1.84. The molecule has 0 radical (unpaired) electrons. The van der Waals surface area contributed by atoms with Gasteiger partial charge >= 0.3 is 0 Å². The second-order valence-corrected chi connectivity index (χ2v) is 7.73. The Morgan fingerprint density at radius 3 is 2.55 bits per heavy atom. The fraction of sp³-hybridized carbons (Fsp3) is 0.600. The van der Waals surface area contributed by atoms with E-state index in [0.29, 0.717) is 6.61 Å². The van der Waals surface area contributed by atoms with Crippen LogP contribution in [0.5, 0.6) is 0 Å². The Balaban J connectivity index is 0.00000150. The van der Waals surface area contributed by atoms with Crippen molar-refractivity contribution in [1.82, 2.24) is 24.5 Å². The van der Waals surface area contributed by atoms with E-state index in [-0.39, 0.29) is 36.1 Å². The summed E-state index contributed by atoms with van der Waals surface area (Å²) in [5.74, 6) is 0.276. The van der Waals surface area contributed by atoms with Crippen LogP contribution in [0.3, 0.4) is 0 Å². The van der Waals surface area contributed by atoms with Crippen LogP contribution in [0.15, 0.2) is 30.6 Å². The highest BCUT2D eigenvalue weighted by Crippen LogP contribution is 2.32. The summed E-state index contributed by atoms with van der Waals surface area (Å²) in [4.78, 5) is 22.4. The lowest BCUT2D eigenvalue weighted by molar-refractivity contribution is -0.149. The highest BCUT2D eigenvalue weighted by Gasteiger charge is 2.42. The first-order valence-electron chi connectivity index (χ1n) is 9.84. The summed E-state index contributed by atoms with van der Waals surface area (Å²) in [5, 5.41) is 3.36. The highest BCUT2D eigenvalue weighted by atomic mass is 35.5. The van der Waals surface area contributed by atoms with Crippen molar-refractivity contribution in [3.63, 3.8) is 0 Å². The zero-order valence-electron chi connectivity index (χ0n) is 16.9. The molecule has 2 aromatic rings. The molecule has 2 fully saturated rings. The van der Waals surface area contributed by atoms with Gasteiger partial charge in [0.05, 0.1) is 17.7 Å². The number of aromatic nitrogens is 2. The van der Waals surface area contributed by atoms with Crippen LogP contribution in [0.25, 0.3) is 5.65 Å². The fourth-order valence-electron chi connectivity index (χ4n) is 4.34. The van der Waals surface area contributed by atoms with Gasteiger partial charge in [0.15, 0.2) is 0 Å². The molecule has 7 nitrogen and oxygen atoms in total. The number of piperidine rings is 1. The molecule has 0 unspecified atom stereocenters. The first-order chi connectivity index (χ1) is 13.2. The molecule has 1 N–H and O–H groups in total. The van der Waals surface area contributed by atoms with E-state index in [1.54, 1.807) is 7.11 Å². The maximum absolute atomic E-state index is 13.2. The molecule has 4 rings (SSSR count). The summed E-state index contributed by atoms with van der Waals surface area (Å²) < 4.78 is 7.49. The molecule has 4 heterocycles. The predicted molar refractivity (Wildman–Crippen MR) is 118 cm³/mol. The number of carbonyl (C=O) groups excluding carboxylic acids is 1. The quantitative estimate of drug-likeness (QED) is 0.763. The van der Waals surface area contributed by atoms with Gasteiger partial charge in [0.25, 0.3) is 0 Å². The molecule has 9 heteroatoms. The van der Waals surface area contributed by atoms with E-state index < -0.39 is 0 Å². The molecular weight excluding hydrogens is 413 g/mol. The summed E-state index contributed by atoms with van der Waals surface area (Å²) in [5.41, 5.74) is 1.72. The molecule has 2 aliphatic heterocycles. The number of imidazole rings is 1. The molecule has 0 spiro atoms. The number of nitrogens with zero attached hydrogens (tertiary/aromatic N) is 4. The minimum absolute atomic E-state index is 0. The van der Waals surface area contributed by atoms with Crippen LogP contribution in [-0.4, -0.2) is 78.1 Å². The summed E-state index contributed by atoms with van der Waals surface area (Å²) in [6.07, 6.45) is 5.84. The number of nitrogens with one attached hydrogen (secondary N) is 1. The molecule has 162 valence electrons. The van der Waals surface area contributed by atoms with Gasteiger partial charge in [0, 0.05) is 52.2 Å². The molecule has 0 bridgehead atoms. The SMILES string of the molecule is COCC1(C(=O)N2CCN(Cc3cn4ccccc4n3)CC2)CCNCC1.Cl.Cl. The monoisotopic (exact) mass is 443 g/mol. The van der Waals surface area contributed by atoms with Crippen LogP contribution < -0.4 is 5.32 Å². The van der Waals surface area contributed by atoms with Gasteiger partial charge in [-0.05, 0) is 38.1 Å². The summed E-state index contributed by atoms with van der Waals surface area (Å²) >= 11 is 0. The Kier molecular flexibility index (Phi) is 8.73. The lowest BCUT2D eigenvalue weighted by Crippen LogP contribution is -2.56. The average Bonchev–Trinajstić information content (AvgIpc) is 3.11. The molecule has 2 saturated heterocycles. The van der Waals surface area contributed by atoms with E-state index in [4.69, 9.17) is 4.74 Å². The number of carbonyl (C=O) groups is 1. The van der Waals surface area contributed by atoms with Crippen LogP contribution in [0, 0.1) is 5.41 Å². The minimum atomic E-state index is -0.343. The van der Waals surface area contributed by atoms with E-state index >= 15 is 0 Å². The Morgan fingerprint density at radius 2 is 1.90 bits per heavy atom. The van der Waals surface area contributed by atoms with Gasteiger partial charge in [-0.15, -0.1) is 24.8 Å². The van der Waals surface area contributed by atoms with Crippen molar-refractivity contribution in [2.24, 2.45) is 5.41 Å². The first-order valence-corrected chi connectivity index (χ1v) is 9.84. The molecule has 0 aliphatic carbocycles. The first kappa shape index (κ1) is 23.9. The van der Waals surface area contributed by atoms with Crippen LogP contribution in [0.2, 0.25) is 0 Å². The largest absolute Gasteiger partial charge is 0.384 e. The Morgan fingerprint density at radius 1 is 1.17 bits per heavy atom. The van der Waals surface area contributed by atoms with Gasteiger partial charge in [-0.2, -0.15) is 0 Å². The van der Waals surface area contributed by atoms with Crippen LogP contribution >= 0.6 is 24.8 Å². The number of methoxy groups -OCH3 is 1. The number of halogens is 2. The van der Waals surface area contributed by atoms with E-state index in [9.17, 15) is 4.79 Å². The zero-order chi connectivity index (χ0) is 18.7. The Labute approximate surface area is 184 Å². The Bertz CT molecular complexity index is 748. The normalized spacial score (nSPS) is 19.4. The van der Waals surface area contributed by atoms with E-state index in [0.717, 1.165) is 70.0 Å². The lowest BCUT2D eigenvalue weighted by atomic mass is 9.78. The second-order valence-electron chi connectivity index (χ2n) is 7.73. The number of piperazine rings is 1. The van der Waals surface area contributed by atoms with E-state index in [1.807, 2.05) is 29.3 Å². The number of fused-ring (bicyclic) bond motifs is 1. The molecular formula is C20H31Cl2N5O2. The van der Waals surface area contributed by atoms with E-state index in [1.165, 1.54) is 0 Å². The van der Waals surface area contributed by atoms with Gasteiger partial charge in [-0.25, -0.2) is 4.98 Å². The van der Waals surface area contributed by atoms with Crippen molar-refractivity contribution in [2.75, 3.05) is 53.0 Å². The van der Waals surface area contributed by atoms with Crippen molar-refractivity contribution in [3.05, 3.63) is 36.3 Å². The van der Waals surface area contributed by atoms with E-state index in [2.05, 4.69) is 25.8 Å². The van der Waals surface area contributed by atoms with Crippen LogP contribution in [0.4, 0.5) is 0 Å². The zero-order valence-corrected chi connectivity index (χ0v) is 18.5. The van der Waals surface area contributed by atoms with Crippen molar-refractivity contribution in [3.8, 4) is 0 Å².